The predicted octanol–water partition coefficient (Wildman–Crippen LogP) is 2.04. The molecule has 2 aromatic carbocycles. The molecule has 1 heterocycles. The predicted molar refractivity (Wildman–Crippen MR) is 115 cm³/mol. The van der Waals surface area contributed by atoms with Crippen molar-refractivity contribution in [3.8, 4) is 11.1 Å². The number of rotatable bonds is 9. The van der Waals surface area contributed by atoms with Gasteiger partial charge in [-0.25, -0.2) is 9.59 Å². The van der Waals surface area contributed by atoms with Crippen molar-refractivity contribution in [2.75, 3.05) is 7.11 Å². The van der Waals surface area contributed by atoms with Crippen molar-refractivity contribution < 1.29 is 29.3 Å². The summed E-state index contributed by atoms with van der Waals surface area (Å²) in [5.74, 6) is -2.68. The molecule has 1 amide bonds. The zero-order valence-corrected chi connectivity index (χ0v) is 17.3. The van der Waals surface area contributed by atoms with Crippen LogP contribution >= 0.6 is 0 Å². The van der Waals surface area contributed by atoms with Crippen molar-refractivity contribution in [1.82, 2.24) is 15.5 Å². The summed E-state index contributed by atoms with van der Waals surface area (Å²) in [4.78, 5) is 35.2. The van der Waals surface area contributed by atoms with E-state index in [0.29, 0.717) is 6.42 Å². The largest absolute Gasteiger partial charge is 0.477 e. The molecule has 0 spiro atoms. The van der Waals surface area contributed by atoms with Crippen LogP contribution in [0.5, 0.6) is 0 Å². The number of carbonyl (C=O) groups is 3. The lowest BCUT2D eigenvalue weighted by Crippen LogP contribution is -2.41. The maximum Gasteiger partial charge on any atom is 0.353 e. The molecule has 32 heavy (non-hydrogen) atoms. The number of ether oxygens (including phenoxy) is 1. The van der Waals surface area contributed by atoms with Gasteiger partial charge in [-0.05, 0) is 23.1 Å². The third-order valence-electron chi connectivity index (χ3n) is 4.90. The van der Waals surface area contributed by atoms with Gasteiger partial charge in [0, 0.05) is 18.5 Å². The number of carboxylic acids is 1. The monoisotopic (exact) mass is 437 g/mol. The number of aromatic nitrogens is 2. The molecule has 0 bridgehead atoms. The van der Waals surface area contributed by atoms with Crippen LogP contribution in [-0.2, 0) is 16.0 Å². The Hall–Kier alpha value is -3.98. The van der Waals surface area contributed by atoms with Gasteiger partial charge in [0.15, 0.2) is 11.8 Å². The fourth-order valence-electron chi connectivity index (χ4n) is 3.25. The van der Waals surface area contributed by atoms with Crippen molar-refractivity contribution in [2.24, 2.45) is 0 Å². The summed E-state index contributed by atoms with van der Waals surface area (Å²) < 4.78 is 4.56. The number of aliphatic hydroxyl groups excluding tert-OH is 1. The molecular weight excluding hydrogens is 414 g/mol. The fraction of sp³-hybridized carbons (Fsp3) is 0.217. The Balaban J connectivity index is 1.75. The van der Waals surface area contributed by atoms with Gasteiger partial charge in [0.05, 0.1) is 7.11 Å². The van der Waals surface area contributed by atoms with Crippen molar-refractivity contribution in [1.29, 1.82) is 0 Å². The minimum absolute atomic E-state index is 0.0882. The molecule has 0 saturated heterocycles. The first kappa shape index (κ1) is 22.7. The van der Waals surface area contributed by atoms with E-state index in [2.05, 4.69) is 20.3 Å². The molecule has 4 N–H and O–H groups in total. The number of nitrogens with zero attached hydrogens (tertiary/aromatic N) is 1. The molecular formula is C23H23N3O6. The first-order valence-corrected chi connectivity index (χ1v) is 9.87. The van der Waals surface area contributed by atoms with Crippen LogP contribution < -0.4 is 5.32 Å². The molecule has 9 heteroatoms. The molecule has 2 unspecified atom stereocenters. The summed E-state index contributed by atoms with van der Waals surface area (Å²) in [6, 6.07) is 18.0. The first-order valence-electron chi connectivity index (χ1n) is 9.87. The Morgan fingerprint density at radius 1 is 1.06 bits per heavy atom. The summed E-state index contributed by atoms with van der Waals surface area (Å²) in [6.07, 6.45) is -1.19. The number of carboxylic acid groups (broad SMARTS) is 1. The molecule has 0 radical (unpaired) electrons. The summed E-state index contributed by atoms with van der Waals surface area (Å²) >= 11 is 0. The van der Waals surface area contributed by atoms with E-state index >= 15 is 0 Å². The number of nitrogens with one attached hydrogen (secondary N) is 2. The van der Waals surface area contributed by atoms with E-state index in [0.717, 1.165) is 22.8 Å². The number of hydrogen-bond donors (Lipinski definition) is 4. The van der Waals surface area contributed by atoms with Crippen LogP contribution in [0.25, 0.3) is 11.1 Å². The van der Waals surface area contributed by atoms with E-state index in [1.54, 1.807) is 0 Å². The Kier molecular flexibility index (Phi) is 7.35. The second kappa shape index (κ2) is 10.4. The third-order valence-corrected chi connectivity index (χ3v) is 4.90. The molecule has 0 fully saturated rings. The average molecular weight is 437 g/mol. The van der Waals surface area contributed by atoms with Gasteiger partial charge in [-0.2, -0.15) is 5.10 Å². The molecule has 0 aliphatic carbocycles. The van der Waals surface area contributed by atoms with Crippen LogP contribution in [0.15, 0.2) is 60.7 Å². The number of methoxy groups -OCH3 is 1. The second-order valence-electron chi connectivity index (χ2n) is 7.18. The molecule has 0 aliphatic heterocycles. The van der Waals surface area contributed by atoms with Crippen LogP contribution in [-0.4, -0.2) is 57.5 Å². The quantitative estimate of drug-likeness (QED) is 0.375. The smallest absolute Gasteiger partial charge is 0.353 e. The van der Waals surface area contributed by atoms with Gasteiger partial charge in [-0.15, -0.1) is 0 Å². The summed E-state index contributed by atoms with van der Waals surface area (Å²) in [7, 11) is 1.17. The summed E-state index contributed by atoms with van der Waals surface area (Å²) in [6.45, 7) is 0. The topological polar surface area (TPSA) is 142 Å². The van der Waals surface area contributed by atoms with Gasteiger partial charge in [-0.1, -0.05) is 54.6 Å². The molecule has 9 nitrogen and oxygen atoms in total. The minimum Gasteiger partial charge on any atom is -0.477 e. The molecule has 3 rings (SSSR count). The summed E-state index contributed by atoms with van der Waals surface area (Å²) in [5, 5.41) is 27.7. The van der Waals surface area contributed by atoms with Crippen LogP contribution in [0.1, 0.15) is 33.0 Å². The van der Waals surface area contributed by atoms with Gasteiger partial charge in [0.25, 0.3) is 5.91 Å². The second-order valence-corrected chi connectivity index (χ2v) is 7.18. The zero-order valence-electron chi connectivity index (χ0n) is 17.3. The highest BCUT2D eigenvalue weighted by molar-refractivity contribution is 5.95. The van der Waals surface area contributed by atoms with Crippen molar-refractivity contribution >= 4 is 17.8 Å². The molecule has 166 valence electrons. The number of hydrogen-bond acceptors (Lipinski definition) is 6. The molecule has 1 aromatic heterocycles. The fourth-order valence-corrected chi connectivity index (χ4v) is 3.25. The number of aromatic carboxylic acids is 1. The first-order chi connectivity index (χ1) is 15.4. The van der Waals surface area contributed by atoms with Crippen LogP contribution in [0.2, 0.25) is 0 Å². The lowest BCUT2D eigenvalue weighted by atomic mass is 9.97. The number of aromatic amines is 1. The van der Waals surface area contributed by atoms with E-state index < -0.39 is 30.0 Å². The van der Waals surface area contributed by atoms with E-state index in [1.165, 1.54) is 7.11 Å². The molecule has 2 atom stereocenters. The van der Waals surface area contributed by atoms with Crippen LogP contribution in [0.3, 0.4) is 0 Å². The van der Waals surface area contributed by atoms with Gasteiger partial charge in [0.1, 0.15) is 5.69 Å². The number of carbonyl (C=O) groups excluding carboxylic acids is 2. The highest BCUT2D eigenvalue weighted by atomic mass is 16.5. The molecule has 0 saturated carbocycles. The number of aliphatic hydroxyl groups is 1. The lowest BCUT2D eigenvalue weighted by molar-refractivity contribution is -0.151. The van der Waals surface area contributed by atoms with Gasteiger partial charge < -0.3 is 20.3 Å². The Labute approximate surface area is 184 Å². The van der Waals surface area contributed by atoms with Crippen LogP contribution in [0.4, 0.5) is 0 Å². The van der Waals surface area contributed by atoms with Crippen LogP contribution in [0, 0.1) is 0 Å². The maximum atomic E-state index is 12.6. The SMILES string of the molecule is COC(=O)C(O)CC(Cc1ccc(-c2ccccc2)cc1)NC(=O)c1cc(C(=O)O)[nH]n1. The van der Waals surface area contributed by atoms with Crippen molar-refractivity contribution in [2.45, 2.75) is 25.0 Å². The average Bonchev–Trinajstić information content (AvgIpc) is 3.30. The van der Waals surface area contributed by atoms with Gasteiger partial charge in [-0.3, -0.25) is 9.89 Å². The number of amides is 1. The van der Waals surface area contributed by atoms with Gasteiger partial charge in [0.2, 0.25) is 0 Å². The van der Waals surface area contributed by atoms with Crippen molar-refractivity contribution in [3.63, 3.8) is 0 Å². The Morgan fingerprint density at radius 2 is 1.72 bits per heavy atom. The van der Waals surface area contributed by atoms with Gasteiger partial charge >= 0.3 is 11.9 Å². The van der Waals surface area contributed by atoms with E-state index in [9.17, 15) is 19.5 Å². The molecule has 3 aromatic rings. The number of esters is 1. The summed E-state index contributed by atoms with van der Waals surface area (Å²) in [5.41, 5.74) is 2.64. The Bertz CT molecular complexity index is 1080. The lowest BCUT2D eigenvalue weighted by Gasteiger charge is -2.20. The number of benzene rings is 2. The van der Waals surface area contributed by atoms with Crippen molar-refractivity contribution in [3.05, 3.63) is 77.6 Å². The zero-order chi connectivity index (χ0) is 23.1. The standard InChI is InChI=1S/C23H23N3O6/c1-32-23(31)20(27)12-17(24-21(28)18-13-19(22(29)30)26-25-18)11-14-7-9-16(10-8-14)15-5-3-2-4-6-15/h2-10,13,17,20,27H,11-12H2,1H3,(H,24,28)(H,25,26)(H,29,30). The third kappa shape index (κ3) is 5.79. The normalized spacial score (nSPS) is 12.6. The van der Waals surface area contributed by atoms with E-state index in [-0.39, 0.29) is 17.8 Å². The number of H-pyrrole nitrogens is 1. The Morgan fingerprint density at radius 3 is 2.31 bits per heavy atom. The minimum atomic E-state index is -1.43. The molecule has 0 aliphatic rings. The highest BCUT2D eigenvalue weighted by Crippen LogP contribution is 2.20. The maximum absolute atomic E-state index is 12.6. The highest BCUT2D eigenvalue weighted by Gasteiger charge is 2.24. The van der Waals surface area contributed by atoms with E-state index in [1.807, 2.05) is 54.6 Å². The van der Waals surface area contributed by atoms with E-state index in [4.69, 9.17) is 5.11 Å².